The van der Waals surface area contributed by atoms with Crippen LogP contribution in [0.25, 0.3) is 22.3 Å². The Hall–Kier alpha value is -5.86. The first-order valence-corrected chi connectivity index (χ1v) is 15.6. The normalized spacial score (nSPS) is 20.7. The summed E-state index contributed by atoms with van der Waals surface area (Å²) in [4.78, 5) is 31.2. The highest BCUT2D eigenvalue weighted by molar-refractivity contribution is 6.54. The molecule has 6 aromatic rings. The Labute approximate surface area is 269 Å². The van der Waals surface area contributed by atoms with Crippen LogP contribution in [0, 0.1) is 0 Å². The van der Waals surface area contributed by atoms with Gasteiger partial charge in [0.15, 0.2) is 11.6 Å². The predicted molar refractivity (Wildman–Crippen MR) is 186 cm³/mol. The predicted octanol–water partition coefficient (Wildman–Crippen LogP) is 9.25. The molecule has 0 fully saturated rings. The second kappa shape index (κ2) is 10.9. The van der Waals surface area contributed by atoms with E-state index >= 15 is 9.59 Å². The van der Waals surface area contributed by atoms with Crippen molar-refractivity contribution in [3.8, 4) is 0 Å². The Bertz CT molecular complexity index is 1970. The van der Waals surface area contributed by atoms with Crippen LogP contribution in [0.4, 0.5) is 0 Å². The number of ketones is 2. The van der Waals surface area contributed by atoms with Crippen LogP contribution >= 0.6 is 0 Å². The molecule has 6 aromatic carbocycles. The number of rotatable bonds is 7. The smallest absolute Gasteiger partial charge is 0.180 e. The third kappa shape index (κ3) is 3.71. The van der Waals surface area contributed by atoms with Crippen molar-refractivity contribution in [2.75, 3.05) is 0 Å². The summed E-state index contributed by atoms with van der Waals surface area (Å²) in [5, 5.41) is 0. The van der Waals surface area contributed by atoms with Gasteiger partial charge < -0.3 is 0 Å². The van der Waals surface area contributed by atoms with Crippen molar-refractivity contribution in [1.29, 1.82) is 0 Å². The van der Waals surface area contributed by atoms with Crippen molar-refractivity contribution < 1.29 is 9.59 Å². The second-order valence-electron chi connectivity index (χ2n) is 11.9. The highest BCUT2D eigenvalue weighted by atomic mass is 16.1. The molecule has 0 amide bonds. The van der Waals surface area contributed by atoms with Gasteiger partial charge in [0.25, 0.3) is 0 Å². The van der Waals surface area contributed by atoms with Gasteiger partial charge in [0, 0.05) is 11.1 Å². The molecular weight excluding hydrogens is 560 g/mol. The lowest BCUT2D eigenvalue weighted by molar-refractivity contribution is -0.128. The third-order valence-electron chi connectivity index (χ3n) is 9.61. The van der Waals surface area contributed by atoms with Crippen LogP contribution in [0.3, 0.4) is 0 Å². The fourth-order valence-corrected chi connectivity index (χ4v) is 7.85. The average Bonchev–Trinajstić information content (AvgIpc) is 3.13. The molecule has 0 N–H and O–H groups in total. The Balaban J connectivity index is 1.59. The van der Waals surface area contributed by atoms with Crippen LogP contribution in [0.5, 0.6) is 0 Å². The number of benzene rings is 6. The van der Waals surface area contributed by atoms with E-state index in [0.29, 0.717) is 11.1 Å². The molecule has 0 bridgehead atoms. The van der Waals surface area contributed by atoms with Crippen LogP contribution < -0.4 is 0 Å². The van der Waals surface area contributed by atoms with Crippen molar-refractivity contribution in [2.24, 2.45) is 0 Å². The first kappa shape index (κ1) is 27.7. The molecule has 8 rings (SSSR count). The largest absolute Gasteiger partial charge is 0.293 e. The summed E-state index contributed by atoms with van der Waals surface area (Å²) in [6.45, 7) is 0. The first-order valence-electron chi connectivity index (χ1n) is 15.6. The number of carbonyl (C=O) groups excluding carboxylic acids is 2. The molecule has 2 aliphatic rings. The molecular formula is C44H30O2. The maximum absolute atomic E-state index is 15.6. The van der Waals surface area contributed by atoms with Gasteiger partial charge in [-0.3, -0.25) is 9.59 Å². The fraction of sp³-hybridized carbons (Fsp3) is 0.0455. The summed E-state index contributed by atoms with van der Waals surface area (Å²) in [7, 11) is 0. The second-order valence-corrected chi connectivity index (χ2v) is 11.9. The molecule has 2 unspecified atom stereocenters. The highest BCUT2D eigenvalue weighted by Gasteiger charge is 2.75. The maximum atomic E-state index is 15.6. The van der Waals surface area contributed by atoms with E-state index in [1.54, 1.807) is 0 Å². The average molecular weight is 591 g/mol. The molecule has 0 saturated carbocycles. The topological polar surface area (TPSA) is 34.1 Å². The minimum atomic E-state index is -1.34. The molecule has 2 atom stereocenters. The van der Waals surface area contributed by atoms with E-state index in [4.69, 9.17) is 0 Å². The van der Waals surface area contributed by atoms with E-state index in [-0.39, 0.29) is 11.6 Å². The van der Waals surface area contributed by atoms with E-state index in [1.807, 2.05) is 158 Å². The zero-order valence-corrected chi connectivity index (χ0v) is 25.1. The molecule has 46 heavy (non-hydrogen) atoms. The number of Topliss-reactive ketones (excluding diaryl/α,β-unsaturated/α-hetero) is 2. The minimum absolute atomic E-state index is 0.0542. The Morgan fingerprint density at radius 3 is 0.804 bits per heavy atom. The summed E-state index contributed by atoms with van der Waals surface area (Å²) < 4.78 is 0. The fourth-order valence-electron chi connectivity index (χ4n) is 7.85. The molecule has 2 aliphatic carbocycles. The number of carbonyl (C=O) groups is 2. The molecule has 0 aromatic heterocycles. The van der Waals surface area contributed by atoms with E-state index < -0.39 is 10.8 Å². The molecule has 0 heterocycles. The summed E-state index contributed by atoms with van der Waals surface area (Å²) in [6, 6.07) is 59.9. The van der Waals surface area contributed by atoms with Gasteiger partial charge in [-0.25, -0.2) is 0 Å². The molecule has 2 nitrogen and oxygen atoms in total. The van der Waals surface area contributed by atoms with Crippen LogP contribution in [0.2, 0.25) is 0 Å². The van der Waals surface area contributed by atoms with Gasteiger partial charge in [-0.2, -0.15) is 0 Å². The van der Waals surface area contributed by atoms with Gasteiger partial charge in [-0.15, -0.1) is 0 Å². The van der Waals surface area contributed by atoms with Gasteiger partial charge in [0.2, 0.25) is 0 Å². The molecule has 218 valence electrons. The lowest BCUT2D eigenvalue weighted by atomic mass is 9.36. The van der Waals surface area contributed by atoms with Gasteiger partial charge in [0.05, 0.1) is 0 Å². The van der Waals surface area contributed by atoms with Gasteiger partial charge in [0.1, 0.15) is 10.8 Å². The van der Waals surface area contributed by atoms with Crippen molar-refractivity contribution in [3.63, 3.8) is 0 Å². The van der Waals surface area contributed by atoms with E-state index in [1.165, 1.54) is 0 Å². The van der Waals surface area contributed by atoms with E-state index in [0.717, 1.165) is 44.5 Å². The summed E-state index contributed by atoms with van der Waals surface area (Å²) in [5.74, 6) is -0.108. The monoisotopic (exact) mass is 590 g/mol. The highest BCUT2D eigenvalue weighted by Crippen LogP contribution is 2.71. The molecule has 0 spiro atoms. The molecule has 0 radical (unpaired) electrons. The van der Waals surface area contributed by atoms with Gasteiger partial charge in [-0.1, -0.05) is 182 Å². The van der Waals surface area contributed by atoms with Crippen molar-refractivity contribution in [3.05, 3.63) is 215 Å². The Morgan fingerprint density at radius 2 is 0.522 bits per heavy atom. The summed E-state index contributed by atoms with van der Waals surface area (Å²) >= 11 is 0. The molecule has 0 aliphatic heterocycles. The number of hydrogen-bond donors (Lipinski definition) is 0. The summed E-state index contributed by atoms with van der Waals surface area (Å²) in [5.41, 5.74) is 5.50. The van der Waals surface area contributed by atoms with Crippen LogP contribution in [-0.2, 0) is 20.4 Å². The molecule has 2 heteroatoms. The number of hydrogen-bond acceptors (Lipinski definition) is 2. The zero-order valence-electron chi connectivity index (χ0n) is 25.1. The standard InChI is InChI=1S/C44H30O2/c45-41-37(31-19-7-1-8-20-31)39(33-23-11-3-12-24-33)43(41,35-27-15-5-16-28-35)44(36-29-17-6-18-30-36)40(34-25-13-4-14-26-34)38(42(44)46)32-21-9-2-10-22-32/h1-30H. The Kier molecular flexibility index (Phi) is 6.58. The minimum Gasteiger partial charge on any atom is -0.293 e. The van der Waals surface area contributed by atoms with Gasteiger partial charge in [-0.05, 0) is 44.5 Å². The van der Waals surface area contributed by atoms with Crippen LogP contribution in [0.15, 0.2) is 182 Å². The number of allylic oxidation sites excluding steroid dienone is 4. The first-order chi connectivity index (χ1) is 22.7. The van der Waals surface area contributed by atoms with E-state index in [2.05, 4.69) is 24.3 Å². The quantitative estimate of drug-likeness (QED) is 0.186. The van der Waals surface area contributed by atoms with Crippen LogP contribution in [-0.4, -0.2) is 11.6 Å². The van der Waals surface area contributed by atoms with Crippen LogP contribution in [0.1, 0.15) is 33.4 Å². The maximum Gasteiger partial charge on any atom is 0.180 e. The van der Waals surface area contributed by atoms with Crippen molar-refractivity contribution >= 4 is 33.9 Å². The van der Waals surface area contributed by atoms with Gasteiger partial charge >= 0.3 is 0 Å². The summed E-state index contributed by atoms with van der Waals surface area (Å²) in [6.07, 6.45) is 0. The lowest BCUT2D eigenvalue weighted by Gasteiger charge is -2.61. The lowest BCUT2D eigenvalue weighted by Crippen LogP contribution is -2.68. The molecule has 0 saturated heterocycles. The van der Waals surface area contributed by atoms with Crippen molar-refractivity contribution in [1.82, 2.24) is 0 Å². The third-order valence-corrected chi connectivity index (χ3v) is 9.61. The Morgan fingerprint density at radius 1 is 0.283 bits per heavy atom. The van der Waals surface area contributed by atoms with E-state index in [9.17, 15) is 0 Å². The van der Waals surface area contributed by atoms with Crippen molar-refractivity contribution in [2.45, 2.75) is 10.8 Å². The SMILES string of the molecule is O=C1C(c2ccccc2)=C(c2ccccc2)C1(c1ccccc1)C1(c2ccccc2)C(=O)C(c2ccccc2)=C1c1ccccc1. The zero-order chi connectivity index (χ0) is 31.1.